The van der Waals surface area contributed by atoms with Crippen molar-refractivity contribution in [3.63, 3.8) is 0 Å². The zero-order chi connectivity index (χ0) is 7.42. The standard InChI is InChI=1S/C8H8N2O/c11-8-9-3-5-1-4-2-6(4)7(5)10-8/h3-4,6H,1-2H2,(H,9,10,11). The van der Waals surface area contributed by atoms with Crippen LogP contribution >= 0.6 is 0 Å². The van der Waals surface area contributed by atoms with Gasteiger partial charge in [-0.15, -0.1) is 0 Å². The molecule has 0 amide bonds. The molecule has 11 heavy (non-hydrogen) atoms. The Balaban J connectivity index is 2.27. The Morgan fingerprint density at radius 3 is 3.45 bits per heavy atom. The van der Waals surface area contributed by atoms with Crippen molar-refractivity contribution in [3.05, 3.63) is 27.9 Å². The third-order valence-corrected chi connectivity index (χ3v) is 2.70. The number of fused-ring (bicyclic) bond motifs is 3. The highest BCUT2D eigenvalue weighted by atomic mass is 16.1. The van der Waals surface area contributed by atoms with E-state index >= 15 is 0 Å². The highest BCUT2D eigenvalue weighted by Gasteiger charge is 2.45. The normalized spacial score (nSPS) is 31.3. The van der Waals surface area contributed by atoms with Crippen molar-refractivity contribution < 1.29 is 0 Å². The molecule has 1 fully saturated rings. The lowest BCUT2D eigenvalue weighted by molar-refractivity contribution is 0.854. The van der Waals surface area contributed by atoms with Crippen molar-refractivity contribution in [2.24, 2.45) is 5.92 Å². The monoisotopic (exact) mass is 148 g/mol. The molecule has 3 rings (SSSR count). The average Bonchev–Trinajstić information content (AvgIpc) is 2.67. The van der Waals surface area contributed by atoms with E-state index in [0.717, 1.165) is 18.0 Å². The number of aromatic amines is 1. The Labute approximate surface area is 63.5 Å². The summed E-state index contributed by atoms with van der Waals surface area (Å²) in [5.41, 5.74) is 2.22. The van der Waals surface area contributed by atoms with Crippen LogP contribution in [0.3, 0.4) is 0 Å². The minimum atomic E-state index is -0.198. The van der Waals surface area contributed by atoms with Crippen LogP contribution in [0.4, 0.5) is 0 Å². The van der Waals surface area contributed by atoms with Crippen molar-refractivity contribution in [1.82, 2.24) is 9.97 Å². The summed E-state index contributed by atoms with van der Waals surface area (Å²) >= 11 is 0. The molecule has 0 aromatic carbocycles. The predicted octanol–water partition coefficient (Wildman–Crippen LogP) is 0.430. The van der Waals surface area contributed by atoms with Crippen molar-refractivity contribution in [2.75, 3.05) is 0 Å². The summed E-state index contributed by atoms with van der Waals surface area (Å²) in [6, 6.07) is 0. The smallest absolute Gasteiger partial charge is 0.309 e. The molecule has 0 spiro atoms. The summed E-state index contributed by atoms with van der Waals surface area (Å²) in [6.07, 6.45) is 4.12. The van der Waals surface area contributed by atoms with Crippen LogP contribution in [0.2, 0.25) is 0 Å². The van der Waals surface area contributed by atoms with Crippen LogP contribution < -0.4 is 5.69 Å². The van der Waals surface area contributed by atoms with Gasteiger partial charge in [0.2, 0.25) is 0 Å². The first-order chi connectivity index (χ1) is 5.34. The molecular weight excluding hydrogens is 140 g/mol. The molecule has 2 atom stereocenters. The highest BCUT2D eigenvalue weighted by Crippen LogP contribution is 2.54. The number of hydrogen-bond donors (Lipinski definition) is 1. The molecule has 1 N–H and O–H groups in total. The lowest BCUT2D eigenvalue weighted by Gasteiger charge is -1.98. The molecule has 1 aromatic heterocycles. The van der Waals surface area contributed by atoms with Gasteiger partial charge in [-0.05, 0) is 24.3 Å². The van der Waals surface area contributed by atoms with E-state index in [2.05, 4.69) is 9.97 Å². The first-order valence-corrected chi connectivity index (χ1v) is 3.92. The van der Waals surface area contributed by atoms with Gasteiger partial charge < -0.3 is 4.98 Å². The molecule has 0 bridgehead atoms. The zero-order valence-corrected chi connectivity index (χ0v) is 6.00. The molecule has 0 radical (unpaired) electrons. The number of H-pyrrole nitrogens is 1. The first-order valence-electron chi connectivity index (χ1n) is 3.92. The Morgan fingerprint density at radius 1 is 1.64 bits per heavy atom. The van der Waals surface area contributed by atoms with Gasteiger partial charge in [-0.2, -0.15) is 0 Å². The Hall–Kier alpha value is -1.12. The van der Waals surface area contributed by atoms with Crippen LogP contribution in [0.5, 0.6) is 0 Å². The van der Waals surface area contributed by atoms with Crippen LogP contribution in [-0.4, -0.2) is 9.97 Å². The van der Waals surface area contributed by atoms with Crippen molar-refractivity contribution in [1.29, 1.82) is 0 Å². The molecule has 2 unspecified atom stereocenters. The van der Waals surface area contributed by atoms with Gasteiger partial charge in [-0.1, -0.05) is 0 Å². The number of aromatic nitrogens is 2. The van der Waals surface area contributed by atoms with E-state index in [1.165, 1.54) is 12.0 Å². The summed E-state index contributed by atoms with van der Waals surface area (Å²) in [4.78, 5) is 17.3. The predicted molar refractivity (Wildman–Crippen MR) is 39.4 cm³/mol. The van der Waals surface area contributed by atoms with E-state index in [4.69, 9.17) is 0 Å². The summed E-state index contributed by atoms with van der Waals surface area (Å²) in [6.45, 7) is 0. The molecular formula is C8H8N2O. The largest absolute Gasteiger partial charge is 0.345 e. The summed E-state index contributed by atoms with van der Waals surface area (Å²) in [5.74, 6) is 1.49. The molecule has 2 aliphatic rings. The molecule has 2 aliphatic carbocycles. The summed E-state index contributed by atoms with van der Waals surface area (Å²) < 4.78 is 0. The topological polar surface area (TPSA) is 45.8 Å². The number of rotatable bonds is 0. The fourth-order valence-electron chi connectivity index (χ4n) is 2.04. The van der Waals surface area contributed by atoms with E-state index in [1.54, 1.807) is 6.20 Å². The van der Waals surface area contributed by atoms with Crippen LogP contribution in [0, 0.1) is 5.92 Å². The average molecular weight is 148 g/mol. The van der Waals surface area contributed by atoms with Crippen LogP contribution in [0.1, 0.15) is 23.6 Å². The van der Waals surface area contributed by atoms with Gasteiger partial charge in [0, 0.05) is 17.8 Å². The second-order valence-corrected chi connectivity index (χ2v) is 3.43. The minimum absolute atomic E-state index is 0.198. The van der Waals surface area contributed by atoms with Crippen molar-refractivity contribution in [3.8, 4) is 0 Å². The van der Waals surface area contributed by atoms with E-state index in [9.17, 15) is 4.79 Å². The first kappa shape index (κ1) is 5.52. The van der Waals surface area contributed by atoms with Gasteiger partial charge >= 0.3 is 5.69 Å². The maximum Gasteiger partial charge on any atom is 0.345 e. The maximum absolute atomic E-state index is 10.8. The molecule has 56 valence electrons. The van der Waals surface area contributed by atoms with E-state index in [-0.39, 0.29) is 5.69 Å². The SMILES string of the molecule is O=c1ncc2c([nH]1)C1CC1C2. The molecule has 1 saturated carbocycles. The molecule has 1 aromatic rings. The third-order valence-electron chi connectivity index (χ3n) is 2.70. The molecule has 0 aliphatic heterocycles. The quantitative estimate of drug-likeness (QED) is 0.580. The fourth-order valence-corrected chi connectivity index (χ4v) is 2.04. The van der Waals surface area contributed by atoms with Crippen LogP contribution in [0.15, 0.2) is 11.0 Å². The van der Waals surface area contributed by atoms with E-state index < -0.39 is 0 Å². The third kappa shape index (κ3) is 0.628. The second kappa shape index (κ2) is 1.55. The number of nitrogens with one attached hydrogen (secondary N) is 1. The number of hydrogen-bond acceptors (Lipinski definition) is 2. The summed E-state index contributed by atoms with van der Waals surface area (Å²) in [5, 5.41) is 0. The zero-order valence-electron chi connectivity index (χ0n) is 6.00. The van der Waals surface area contributed by atoms with Gasteiger partial charge in [-0.25, -0.2) is 9.78 Å². The molecule has 3 heteroatoms. The highest BCUT2D eigenvalue weighted by molar-refractivity contribution is 5.34. The molecule has 3 nitrogen and oxygen atoms in total. The van der Waals surface area contributed by atoms with Crippen molar-refractivity contribution in [2.45, 2.75) is 18.8 Å². The number of nitrogens with zero attached hydrogens (tertiary/aromatic N) is 1. The van der Waals surface area contributed by atoms with Crippen LogP contribution in [-0.2, 0) is 6.42 Å². The van der Waals surface area contributed by atoms with Crippen molar-refractivity contribution >= 4 is 0 Å². The van der Waals surface area contributed by atoms with Gasteiger partial charge in [0.05, 0.1) is 0 Å². The van der Waals surface area contributed by atoms with Gasteiger partial charge in [-0.3, -0.25) is 0 Å². The molecule has 1 heterocycles. The Morgan fingerprint density at radius 2 is 2.55 bits per heavy atom. The second-order valence-electron chi connectivity index (χ2n) is 3.43. The molecule has 0 saturated heterocycles. The van der Waals surface area contributed by atoms with Gasteiger partial charge in [0.25, 0.3) is 0 Å². The Bertz CT molecular complexity index is 369. The van der Waals surface area contributed by atoms with E-state index in [0.29, 0.717) is 5.92 Å². The lowest BCUT2D eigenvalue weighted by atomic mass is 10.2. The Kier molecular flexibility index (Phi) is 0.776. The van der Waals surface area contributed by atoms with Gasteiger partial charge in [0.1, 0.15) is 0 Å². The fraction of sp³-hybridized carbons (Fsp3) is 0.500. The lowest BCUT2D eigenvalue weighted by Crippen LogP contribution is -2.12. The van der Waals surface area contributed by atoms with E-state index in [1.807, 2.05) is 0 Å². The van der Waals surface area contributed by atoms with Gasteiger partial charge in [0.15, 0.2) is 0 Å². The summed E-state index contributed by atoms with van der Waals surface area (Å²) in [7, 11) is 0. The van der Waals surface area contributed by atoms with Crippen LogP contribution in [0.25, 0.3) is 0 Å². The minimum Gasteiger partial charge on any atom is -0.309 e. The maximum atomic E-state index is 10.8.